The molecule has 2 N–H and O–H groups in total. The fraction of sp³-hybridized carbons (Fsp3) is 0.562. The Balaban J connectivity index is 0.00000242. The van der Waals surface area contributed by atoms with E-state index in [1.807, 2.05) is 6.92 Å². The minimum absolute atomic E-state index is 0. The van der Waals surface area contributed by atoms with Crippen molar-refractivity contribution in [3.05, 3.63) is 23.8 Å². The minimum atomic E-state index is -0.0677. The summed E-state index contributed by atoms with van der Waals surface area (Å²) in [6, 6.07) is 5.26. The molecule has 0 radical (unpaired) electrons. The molecule has 2 rings (SSSR count). The average Bonchev–Trinajstić information content (AvgIpc) is 2.54. The lowest BCUT2D eigenvalue weighted by Gasteiger charge is -2.22. The van der Waals surface area contributed by atoms with Gasteiger partial charge in [-0.1, -0.05) is 0 Å². The molecule has 1 amide bonds. The van der Waals surface area contributed by atoms with Gasteiger partial charge in [0.05, 0.1) is 13.7 Å². The quantitative estimate of drug-likeness (QED) is 0.841. The van der Waals surface area contributed by atoms with Gasteiger partial charge in [-0.15, -0.1) is 12.4 Å². The van der Waals surface area contributed by atoms with Gasteiger partial charge in [-0.25, -0.2) is 0 Å². The van der Waals surface area contributed by atoms with Gasteiger partial charge in [-0.05, 0) is 57.0 Å². The summed E-state index contributed by atoms with van der Waals surface area (Å²) in [5.74, 6) is 1.70. The molecule has 1 aliphatic heterocycles. The zero-order chi connectivity index (χ0) is 15.1. The van der Waals surface area contributed by atoms with Crippen LogP contribution in [-0.4, -0.2) is 39.3 Å². The number of hydrogen-bond acceptors (Lipinski definition) is 4. The normalized spacial score (nSPS) is 17.3. The number of amides is 1. The van der Waals surface area contributed by atoms with Crippen LogP contribution in [0.1, 0.15) is 30.1 Å². The SMILES string of the molecule is CCOc1ccc(C(=O)NCC2CCCNC2)cc1OC.Cl. The van der Waals surface area contributed by atoms with Crippen LogP contribution >= 0.6 is 12.4 Å². The Morgan fingerprint density at radius 2 is 2.23 bits per heavy atom. The molecule has 1 heterocycles. The summed E-state index contributed by atoms with van der Waals surface area (Å²) in [6.45, 7) is 5.25. The maximum Gasteiger partial charge on any atom is 0.251 e. The Morgan fingerprint density at radius 3 is 2.86 bits per heavy atom. The number of methoxy groups -OCH3 is 1. The fourth-order valence-electron chi connectivity index (χ4n) is 2.52. The van der Waals surface area contributed by atoms with E-state index in [2.05, 4.69) is 10.6 Å². The van der Waals surface area contributed by atoms with E-state index in [9.17, 15) is 4.79 Å². The first-order valence-corrected chi connectivity index (χ1v) is 7.54. The average molecular weight is 329 g/mol. The number of halogens is 1. The van der Waals surface area contributed by atoms with Crippen molar-refractivity contribution in [3.8, 4) is 11.5 Å². The monoisotopic (exact) mass is 328 g/mol. The Bertz CT molecular complexity index is 476. The topological polar surface area (TPSA) is 59.6 Å². The lowest BCUT2D eigenvalue weighted by Crippen LogP contribution is -2.38. The first-order chi connectivity index (χ1) is 10.2. The van der Waals surface area contributed by atoms with Crippen LogP contribution in [0.3, 0.4) is 0 Å². The van der Waals surface area contributed by atoms with Crippen molar-refractivity contribution in [2.45, 2.75) is 19.8 Å². The van der Waals surface area contributed by atoms with E-state index >= 15 is 0 Å². The minimum Gasteiger partial charge on any atom is -0.493 e. The highest BCUT2D eigenvalue weighted by atomic mass is 35.5. The summed E-state index contributed by atoms with van der Waals surface area (Å²) in [5.41, 5.74) is 0.596. The van der Waals surface area contributed by atoms with Gasteiger partial charge in [0.1, 0.15) is 0 Å². The molecule has 0 spiro atoms. The number of hydrogen-bond donors (Lipinski definition) is 2. The molecule has 0 saturated carbocycles. The van der Waals surface area contributed by atoms with E-state index in [1.165, 1.54) is 12.8 Å². The van der Waals surface area contributed by atoms with Crippen LogP contribution in [0.5, 0.6) is 11.5 Å². The Hall–Kier alpha value is -1.46. The number of rotatable bonds is 6. The van der Waals surface area contributed by atoms with Crippen molar-refractivity contribution in [1.29, 1.82) is 0 Å². The molecular formula is C16H25ClN2O3. The number of ether oxygens (including phenoxy) is 2. The molecule has 1 atom stereocenters. The van der Waals surface area contributed by atoms with Crippen molar-refractivity contribution in [2.75, 3.05) is 33.4 Å². The molecule has 1 fully saturated rings. The van der Waals surface area contributed by atoms with Gasteiger partial charge in [0.25, 0.3) is 5.91 Å². The first-order valence-electron chi connectivity index (χ1n) is 7.54. The van der Waals surface area contributed by atoms with Gasteiger partial charge in [-0.3, -0.25) is 4.79 Å². The van der Waals surface area contributed by atoms with E-state index in [1.54, 1.807) is 25.3 Å². The predicted octanol–water partition coefficient (Wildman–Crippen LogP) is 2.25. The molecule has 1 aromatic carbocycles. The summed E-state index contributed by atoms with van der Waals surface area (Å²) >= 11 is 0. The predicted molar refractivity (Wildman–Crippen MR) is 89.3 cm³/mol. The summed E-state index contributed by atoms with van der Waals surface area (Å²) in [7, 11) is 1.58. The van der Waals surface area contributed by atoms with Gasteiger partial charge < -0.3 is 20.1 Å². The molecule has 5 nitrogen and oxygen atoms in total. The van der Waals surface area contributed by atoms with Gasteiger partial charge in [0.2, 0.25) is 0 Å². The number of piperidine rings is 1. The van der Waals surface area contributed by atoms with E-state index in [-0.39, 0.29) is 18.3 Å². The highest BCUT2D eigenvalue weighted by Gasteiger charge is 2.15. The van der Waals surface area contributed by atoms with Crippen LogP contribution in [-0.2, 0) is 0 Å². The number of nitrogens with one attached hydrogen (secondary N) is 2. The van der Waals surface area contributed by atoms with E-state index in [0.29, 0.717) is 36.1 Å². The van der Waals surface area contributed by atoms with Gasteiger partial charge in [0.15, 0.2) is 11.5 Å². The number of benzene rings is 1. The molecule has 1 unspecified atom stereocenters. The maximum absolute atomic E-state index is 12.2. The molecule has 1 saturated heterocycles. The van der Waals surface area contributed by atoms with E-state index in [4.69, 9.17) is 9.47 Å². The molecule has 0 aromatic heterocycles. The van der Waals surface area contributed by atoms with Crippen molar-refractivity contribution < 1.29 is 14.3 Å². The summed E-state index contributed by atoms with van der Waals surface area (Å²) in [6.07, 6.45) is 2.34. The second kappa shape index (κ2) is 9.54. The molecule has 0 bridgehead atoms. The van der Waals surface area contributed by atoms with E-state index < -0.39 is 0 Å². The van der Waals surface area contributed by atoms with Crippen LogP contribution in [0.25, 0.3) is 0 Å². The van der Waals surface area contributed by atoms with Gasteiger partial charge in [0, 0.05) is 12.1 Å². The van der Waals surface area contributed by atoms with Crippen molar-refractivity contribution in [2.24, 2.45) is 5.92 Å². The molecule has 6 heteroatoms. The zero-order valence-corrected chi connectivity index (χ0v) is 14.0. The molecule has 22 heavy (non-hydrogen) atoms. The molecule has 0 aliphatic carbocycles. The smallest absolute Gasteiger partial charge is 0.251 e. The zero-order valence-electron chi connectivity index (χ0n) is 13.2. The number of carbonyl (C=O) groups is 1. The van der Waals surface area contributed by atoms with Crippen LogP contribution in [0, 0.1) is 5.92 Å². The Labute approximate surface area is 138 Å². The largest absolute Gasteiger partial charge is 0.493 e. The Morgan fingerprint density at radius 1 is 1.41 bits per heavy atom. The van der Waals surface area contributed by atoms with Crippen LogP contribution in [0.4, 0.5) is 0 Å². The van der Waals surface area contributed by atoms with Crippen molar-refractivity contribution in [3.63, 3.8) is 0 Å². The summed E-state index contributed by atoms with van der Waals surface area (Å²) in [4.78, 5) is 12.2. The first kappa shape index (κ1) is 18.6. The molecular weight excluding hydrogens is 304 g/mol. The third-order valence-electron chi connectivity index (χ3n) is 3.68. The Kier molecular flexibility index (Phi) is 8.06. The van der Waals surface area contributed by atoms with E-state index in [0.717, 1.165) is 13.1 Å². The maximum atomic E-state index is 12.2. The molecule has 124 valence electrons. The standard InChI is InChI=1S/C16H24N2O3.ClH/c1-3-21-14-7-6-13(9-15(14)20-2)16(19)18-11-12-5-4-8-17-10-12;/h6-7,9,12,17H,3-5,8,10-11H2,1-2H3,(H,18,19);1H. The fourth-order valence-corrected chi connectivity index (χ4v) is 2.52. The molecule has 1 aromatic rings. The van der Waals surface area contributed by atoms with Crippen LogP contribution in [0.15, 0.2) is 18.2 Å². The third kappa shape index (κ3) is 5.07. The lowest BCUT2D eigenvalue weighted by molar-refractivity contribution is 0.0944. The highest BCUT2D eigenvalue weighted by molar-refractivity contribution is 5.94. The second-order valence-corrected chi connectivity index (χ2v) is 5.22. The van der Waals surface area contributed by atoms with Crippen LogP contribution < -0.4 is 20.1 Å². The van der Waals surface area contributed by atoms with Crippen molar-refractivity contribution in [1.82, 2.24) is 10.6 Å². The van der Waals surface area contributed by atoms with Gasteiger partial charge in [-0.2, -0.15) is 0 Å². The van der Waals surface area contributed by atoms with Crippen LogP contribution in [0.2, 0.25) is 0 Å². The summed E-state index contributed by atoms with van der Waals surface area (Å²) < 4.78 is 10.7. The van der Waals surface area contributed by atoms with Crippen molar-refractivity contribution >= 4 is 18.3 Å². The van der Waals surface area contributed by atoms with Gasteiger partial charge >= 0.3 is 0 Å². The molecule has 1 aliphatic rings. The second-order valence-electron chi connectivity index (χ2n) is 5.22. The highest BCUT2D eigenvalue weighted by Crippen LogP contribution is 2.28. The summed E-state index contributed by atoms with van der Waals surface area (Å²) in [5, 5.41) is 6.35. The third-order valence-corrected chi connectivity index (χ3v) is 3.68. The number of carbonyl (C=O) groups excluding carboxylic acids is 1. The lowest BCUT2D eigenvalue weighted by atomic mass is 9.99.